The summed E-state index contributed by atoms with van der Waals surface area (Å²) in [6.45, 7) is 6.55. The third-order valence-corrected chi connectivity index (χ3v) is 2.76. The summed E-state index contributed by atoms with van der Waals surface area (Å²) in [6, 6.07) is 3.94. The number of unbranched alkanes of at least 4 members (excludes halogenated alkanes) is 3. The van der Waals surface area contributed by atoms with Gasteiger partial charge in [0.25, 0.3) is 0 Å². The van der Waals surface area contributed by atoms with E-state index in [0.29, 0.717) is 0 Å². The van der Waals surface area contributed by atoms with Crippen LogP contribution in [0.3, 0.4) is 0 Å². The van der Waals surface area contributed by atoms with Crippen molar-refractivity contribution in [1.29, 1.82) is 0 Å². The molecule has 2 nitrogen and oxygen atoms in total. The highest BCUT2D eigenvalue weighted by atomic mass is 16.3. The molecule has 0 atom stereocenters. The normalized spacial score (nSPS) is 11.2. The summed E-state index contributed by atoms with van der Waals surface area (Å²) in [5.74, 6) is 1.89. The van der Waals surface area contributed by atoms with Crippen LogP contribution >= 0.6 is 0 Å². The van der Waals surface area contributed by atoms with E-state index in [4.69, 9.17) is 4.42 Å². The molecule has 0 fully saturated rings. The Labute approximate surface area is 99.4 Å². The van der Waals surface area contributed by atoms with Crippen molar-refractivity contribution in [3.63, 3.8) is 0 Å². The van der Waals surface area contributed by atoms with Crippen molar-refractivity contribution in [3.8, 4) is 0 Å². The second kappa shape index (κ2) is 8.40. The van der Waals surface area contributed by atoms with Crippen LogP contribution in [-0.4, -0.2) is 6.54 Å². The van der Waals surface area contributed by atoms with Gasteiger partial charge in [-0.15, -0.1) is 0 Å². The molecule has 0 unspecified atom stereocenters. The fourth-order valence-electron chi connectivity index (χ4n) is 1.78. The number of hydrogen-bond acceptors (Lipinski definition) is 2. The van der Waals surface area contributed by atoms with Crippen LogP contribution in [-0.2, 0) is 6.54 Å². The van der Waals surface area contributed by atoms with E-state index in [9.17, 15) is 0 Å². The predicted molar refractivity (Wildman–Crippen MR) is 68.3 cm³/mol. The molecule has 0 radical (unpaired) electrons. The lowest BCUT2D eigenvalue weighted by Crippen LogP contribution is -2.14. The highest BCUT2D eigenvalue weighted by Gasteiger charge is 1.96. The second-order valence-corrected chi connectivity index (χ2v) is 4.85. The Morgan fingerprint density at radius 3 is 2.69 bits per heavy atom. The van der Waals surface area contributed by atoms with E-state index in [2.05, 4.69) is 19.2 Å². The zero-order chi connectivity index (χ0) is 11.6. The molecule has 1 N–H and O–H groups in total. The van der Waals surface area contributed by atoms with Gasteiger partial charge in [-0.2, -0.15) is 0 Å². The second-order valence-electron chi connectivity index (χ2n) is 4.85. The molecule has 92 valence electrons. The molecule has 1 rings (SSSR count). The molecule has 0 saturated carbocycles. The molecule has 0 saturated heterocycles. The van der Waals surface area contributed by atoms with Gasteiger partial charge in [-0.1, -0.05) is 39.5 Å². The Hall–Kier alpha value is -0.760. The fourth-order valence-corrected chi connectivity index (χ4v) is 1.78. The highest BCUT2D eigenvalue weighted by molar-refractivity contribution is 4.97. The Balaban J connectivity index is 1.82. The summed E-state index contributed by atoms with van der Waals surface area (Å²) in [4.78, 5) is 0. The molecule has 1 aromatic heterocycles. The number of furan rings is 1. The summed E-state index contributed by atoms with van der Waals surface area (Å²) in [5, 5.41) is 3.39. The van der Waals surface area contributed by atoms with Crippen molar-refractivity contribution in [1.82, 2.24) is 5.32 Å². The van der Waals surface area contributed by atoms with E-state index in [1.165, 1.54) is 32.1 Å². The lowest BCUT2D eigenvalue weighted by molar-refractivity contribution is 0.472. The zero-order valence-corrected chi connectivity index (χ0v) is 10.7. The predicted octanol–water partition coefficient (Wildman–Crippen LogP) is 3.98. The quantitative estimate of drug-likeness (QED) is 0.641. The van der Waals surface area contributed by atoms with Crippen LogP contribution in [0.4, 0.5) is 0 Å². The molecule has 1 aromatic rings. The first-order valence-corrected chi connectivity index (χ1v) is 6.52. The highest BCUT2D eigenvalue weighted by Crippen LogP contribution is 2.09. The third-order valence-electron chi connectivity index (χ3n) is 2.76. The van der Waals surface area contributed by atoms with Gasteiger partial charge in [0.05, 0.1) is 12.8 Å². The minimum atomic E-state index is 0.858. The lowest BCUT2D eigenvalue weighted by atomic mass is 10.0. The fraction of sp³-hybridized carbons (Fsp3) is 0.714. The molecule has 0 aromatic carbocycles. The van der Waals surface area contributed by atoms with Gasteiger partial charge < -0.3 is 9.73 Å². The number of hydrogen-bond donors (Lipinski definition) is 1. The van der Waals surface area contributed by atoms with Gasteiger partial charge in [0.2, 0.25) is 0 Å². The average molecular weight is 223 g/mol. The summed E-state index contributed by atoms with van der Waals surface area (Å²) in [6.07, 6.45) is 8.48. The van der Waals surface area contributed by atoms with Gasteiger partial charge >= 0.3 is 0 Å². The van der Waals surface area contributed by atoms with Crippen LogP contribution in [0.5, 0.6) is 0 Å². The molecule has 0 aliphatic rings. The van der Waals surface area contributed by atoms with Crippen molar-refractivity contribution in [2.75, 3.05) is 6.54 Å². The Morgan fingerprint density at radius 1 is 1.19 bits per heavy atom. The average Bonchev–Trinajstić information content (AvgIpc) is 2.74. The Morgan fingerprint density at radius 2 is 2.00 bits per heavy atom. The van der Waals surface area contributed by atoms with E-state index in [-0.39, 0.29) is 0 Å². The molecule has 0 aliphatic carbocycles. The molecule has 0 amide bonds. The standard InChI is InChI=1S/C14H25NO/c1-13(2)8-5-3-4-6-10-15-12-14-9-7-11-16-14/h7,9,11,13,15H,3-6,8,10,12H2,1-2H3. The Kier molecular flexibility index (Phi) is 6.98. The van der Waals surface area contributed by atoms with Gasteiger partial charge in [-0.25, -0.2) is 0 Å². The van der Waals surface area contributed by atoms with Crippen LogP contribution in [0, 0.1) is 5.92 Å². The third kappa shape index (κ3) is 6.67. The van der Waals surface area contributed by atoms with E-state index >= 15 is 0 Å². The SMILES string of the molecule is CC(C)CCCCCCNCc1ccco1. The maximum absolute atomic E-state index is 5.24. The summed E-state index contributed by atoms with van der Waals surface area (Å²) in [7, 11) is 0. The minimum absolute atomic E-state index is 0.858. The molecule has 1 heterocycles. The first kappa shape index (κ1) is 13.3. The molecule has 2 heteroatoms. The monoisotopic (exact) mass is 223 g/mol. The topological polar surface area (TPSA) is 25.2 Å². The van der Waals surface area contributed by atoms with Crippen molar-refractivity contribution in [2.24, 2.45) is 5.92 Å². The first-order chi connectivity index (χ1) is 7.79. The van der Waals surface area contributed by atoms with Gasteiger partial charge in [0.15, 0.2) is 0 Å². The van der Waals surface area contributed by atoms with Crippen molar-refractivity contribution < 1.29 is 4.42 Å². The van der Waals surface area contributed by atoms with Crippen LogP contribution in [0.1, 0.15) is 51.7 Å². The van der Waals surface area contributed by atoms with E-state index in [1.54, 1.807) is 6.26 Å². The molecular formula is C14H25NO. The van der Waals surface area contributed by atoms with Crippen LogP contribution in [0.25, 0.3) is 0 Å². The van der Waals surface area contributed by atoms with Crippen LogP contribution in [0.2, 0.25) is 0 Å². The number of nitrogens with one attached hydrogen (secondary N) is 1. The molecule has 16 heavy (non-hydrogen) atoms. The summed E-state index contributed by atoms with van der Waals surface area (Å²) >= 11 is 0. The van der Waals surface area contributed by atoms with Gasteiger partial charge in [-0.05, 0) is 31.0 Å². The van der Waals surface area contributed by atoms with Crippen molar-refractivity contribution in [3.05, 3.63) is 24.2 Å². The summed E-state index contributed by atoms with van der Waals surface area (Å²) in [5.41, 5.74) is 0. The number of rotatable bonds is 9. The molecule has 0 aliphatic heterocycles. The van der Waals surface area contributed by atoms with Crippen LogP contribution in [0.15, 0.2) is 22.8 Å². The van der Waals surface area contributed by atoms with Gasteiger partial charge in [-0.3, -0.25) is 0 Å². The van der Waals surface area contributed by atoms with Gasteiger partial charge in [0, 0.05) is 0 Å². The largest absolute Gasteiger partial charge is 0.468 e. The molecular weight excluding hydrogens is 198 g/mol. The maximum Gasteiger partial charge on any atom is 0.117 e. The molecule has 0 bridgehead atoms. The lowest BCUT2D eigenvalue weighted by Gasteiger charge is -2.05. The van der Waals surface area contributed by atoms with E-state index in [0.717, 1.165) is 24.8 Å². The first-order valence-electron chi connectivity index (χ1n) is 6.52. The van der Waals surface area contributed by atoms with E-state index < -0.39 is 0 Å². The smallest absolute Gasteiger partial charge is 0.117 e. The summed E-state index contributed by atoms with van der Waals surface area (Å²) < 4.78 is 5.24. The van der Waals surface area contributed by atoms with E-state index in [1.807, 2.05) is 12.1 Å². The maximum atomic E-state index is 5.24. The van der Waals surface area contributed by atoms with Crippen molar-refractivity contribution >= 4 is 0 Å². The zero-order valence-electron chi connectivity index (χ0n) is 10.7. The van der Waals surface area contributed by atoms with Gasteiger partial charge in [0.1, 0.15) is 5.76 Å². The van der Waals surface area contributed by atoms with Crippen LogP contribution < -0.4 is 5.32 Å². The van der Waals surface area contributed by atoms with Crippen molar-refractivity contribution in [2.45, 2.75) is 52.5 Å². The Bertz CT molecular complexity index is 241. The molecule has 0 spiro atoms. The minimum Gasteiger partial charge on any atom is -0.468 e.